The highest BCUT2D eigenvalue weighted by molar-refractivity contribution is 5.89. The molecular weight excluding hydrogens is 392 g/mol. The Bertz CT molecular complexity index is 922. The molecule has 1 saturated heterocycles. The fourth-order valence-electron chi connectivity index (χ4n) is 4.63. The van der Waals surface area contributed by atoms with Crippen LogP contribution in [0, 0.1) is 23.5 Å². The van der Waals surface area contributed by atoms with Crippen molar-refractivity contribution in [2.75, 3.05) is 20.2 Å². The number of halogens is 2. The average molecular weight is 417 g/mol. The van der Waals surface area contributed by atoms with Crippen LogP contribution >= 0.6 is 0 Å². The molecule has 1 N–H and O–H groups in total. The van der Waals surface area contributed by atoms with Gasteiger partial charge in [-0.3, -0.25) is 4.90 Å². The third kappa shape index (κ3) is 4.47. The van der Waals surface area contributed by atoms with E-state index in [4.69, 9.17) is 9.47 Å². The van der Waals surface area contributed by atoms with Gasteiger partial charge in [0.15, 0.2) is 11.6 Å². The lowest BCUT2D eigenvalue weighted by Gasteiger charge is -2.35. The molecule has 0 bridgehead atoms. The lowest BCUT2D eigenvalue weighted by atomic mass is 9.78. The first-order valence-electron chi connectivity index (χ1n) is 10.1. The van der Waals surface area contributed by atoms with Crippen molar-refractivity contribution in [2.45, 2.75) is 31.6 Å². The monoisotopic (exact) mass is 417 g/mol. The molecule has 7 heteroatoms. The van der Waals surface area contributed by atoms with E-state index in [9.17, 15) is 18.7 Å². The van der Waals surface area contributed by atoms with Gasteiger partial charge in [-0.05, 0) is 60.6 Å². The van der Waals surface area contributed by atoms with Crippen molar-refractivity contribution in [3.63, 3.8) is 0 Å². The molecule has 1 aliphatic heterocycles. The minimum Gasteiger partial charge on any atom is -0.488 e. The highest BCUT2D eigenvalue weighted by Crippen LogP contribution is 2.38. The fraction of sp³-hybridized carbons (Fsp3) is 0.435. The smallest absolute Gasteiger partial charge is 0.337 e. The molecule has 2 aromatic carbocycles. The number of hydrogen-bond donors (Lipinski definition) is 1. The molecule has 2 aliphatic rings. The number of carbonyl (C=O) groups is 1. The molecule has 1 saturated carbocycles. The summed E-state index contributed by atoms with van der Waals surface area (Å²) >= 11 is 0. The number of benzene rings is 2. The standard InChI is InChI=1S/C23H25F2NO4/c1-29-23(28)15-3-2-4-18(8-15)30-22-10-17-13-26(12-16(17)9-21(22)27)11-14-5-6-19(24)20(25)7-14/h2-8,16-17,21-22,27H,9-13H2,1H3/t16-,17+,21+,22+/m0/s1. The van der Waals surface area contributed by atoms with Gasteiger partial charge in [0.05, 0.1) is 18.8 Å². The number of likely N-dealkylation sites (tertiary alicyclic amines) is 1. The average Bonchev–Trinajstić information content (AvgIpc) is 3.11. The zero-order valence-electron chi connectivity index (χ0n) is 16.8. The summed E-state index contributed by atoms with van der Waals surface area (Å²) in [5.74, 6) is -0.889. The predicted molar refractivity (Wildman–Crippen MR) is 106 cm³/mol. The second-order valence-corrected chi connectivity index (χ2v) is 8.18. The van der Waals surface area contributed by atoms with E-state index in [1.807, 2.05) is 0 Å². The summed E-state index contributed by atoms with van der Waals surface area (Å²) in [4.78, 5) is 13.9. The van der Waals surface area contributed by atoms with Crippen LogP contribution in [0.2, 0.25) is 0 Å². The van der Waals surface area contributed by atoms with Crippen molar-refractivity contribution in [3.05, 3.63) is 65.2 Å². The number of fused-ring (bicyclic) bond motifs is 1. The first-order chi connectivity index (χ1) is 14.4. The summed E-state index contributed by atoms with van der Waals surface area (Å²) in [6.45, 7) is 2.18. The quantitative estimate of drug-likeness (QED) is 0.756. The van der Waals surface area contributed by atoms with E-state index in [0.717, 1.165) is 24.7 Å². The molecule has 4 rings (SSSR count). The van der Waals surface area contributed by atoms with Crippen LogP contribution in [0.25, 0.3) is 0 Å². The van der Waals surface area contributed by atoms with Gasteiger partial charge in [-0.1, -0.05) is 12.1 Å². The van der Waals surface area contributed by atoms with Crippen LogP contribution < -0.4 is 4.74 Å². The van der Waals surface area contributed by atoms with Crippen LogP contribution in [0.5, 0.6) is 5.75 Å². The van der Waals surface area contributed by atoms with Crippen molar-refractivity contribution in [2.24, 2.45) is 11.8 Å². The number of aliphatic hydroxyl groups excluding tert-OH is 1. The molecule has 0 amide bonds. The van der Waals surface area contributed by atoms with Crippen LogP contribution in [0.1, 0.15) is 28.8 Å². The maximum absolute atomic E-state index is 13.5. The predicted octanol–water partition coefficient (Wildman–Crippen LogP) is 3.40. The Morgan fingerprint density at radius 1 is 1.10 bits per heavy atom. The van der Waals surface area contributed by atoms with Gasteiger partial charge in [0, 0.05) is 19.6 Å². The zero-order chi connectivity index (χ0) is 21.3. The minimum atomic E-state index is -0.840. The van der Waals surface area contributed by atoms with Crippen LogP contribution in [0.4, 0.5) is 8.78 Å². The van der Waals surface area contributed by atoms with Gasteiger partial charge in [-0.15, -0.1) is 0 Å². The number of rotatable bonds is 5. The van der Waals surface area contributed by atoms with Crippen molar-refractivity contribution in [3.8, 4) is 5.75 Å². The van der Waals surface area contributed by atoms with Gasteiger partial charge in [0.2, 0.25) is 0 Å². The Morgan fingerprint density at radius 3 is 2.60 bits per heavy atom. The molecule has 2 aromatic rings. The van der Waals surface area contributed by atoms with E-state index in [2.05, 4.69) is 4.90 Å². The summed E-state index contributed by atoms with van der Waals surface area (Å²) in [5, 5.41) is 10.6. The molecule has 2 fully saturated rings. The normalized spacial score (nSPS) is 26.3. The lowest BCUT2D eigenvalue weighted by Crippen LogP contribution is -2.42. The number of carbonyl (C=O) groups excluding carboxylic acids is 1. The molecule has 1 aliphatic carbocycles. The number of nitrogens with zero attached hydrogens (tertiary/aromatic N) is 1. The Hall–Kier alpha value is -2.51. The fourth-order valence-corrected chi connectivity index (χ4v) is 4.63. The van der Waals surface area contributed by atoms with Crippen LogP contribution in [0.3, 0.4) is 0 Å². The van der Waals surface area contributed by atoms with Gasteiger partial charge in [0.25, 0.3) is 0 Å². The molecular formula is C23H25F2NO4. The Morgan fingerprint density at radius 2 is 1.87 bits per heavy atom. The van der Waals surface area contributed by atoms with Crippen LogP contribution in [-0.2, 0) is 11.3 Å². The second-order valence-electron chi connectivity index (χ2n) is 8.18. The van der Waals surface area contributed by atoms with E-state index in [-0.39, 0.29) is 6.10 Å². The van der Waals surface area contributed by atoms with Gasteiger partial charge < -0.3 is 14.6 Å². The highest BCUT2D eigenvalue weighted by Gasteiger charge is 2.42. The molecule has 0 radical (unpaired) electrons. The lowest BCUT2D eigenvalue weighted by molar-refractivity contribution is -0.0231. The zero-order valence-corrected chi connectivity index (χ0v) is 16.8. The summed E-state index contributed by atoms with van der Waals surface area (Å²) in [7, 11) is 1.33. The van der Waals surface area contributed by atoms with Gasteiger partial charge in [0.1, 0.15) is 11.9 Å². The first kappa shape index (κ1) is 20.8. The maximum atomic E-state index is 13.5. The first-order valence-corrected chi connectivity index (χ1v) is 10.1. The Balaban J connectivity index is 1.38. The van der Waals surface area contributed by atoms with Gasteiger partial charge in [-0.25, -0.2) is 13.6 Å². The summed E-state index contributed by atoms with van der Waals surface area (Å²) in [6.07, 6.45) is 0.363. The SMILES string of the molecule is COC(=O)c1cccc(O[C@@H]2C[C@@H]3CN(Cc4ccc(F)c(F)c4)C[C@@H]3C[C@H]2O)c1. The summed E-state index contributed by atoms with van der Waals surface area (Å²) in [6, 6.07) is 10.8. The number of esters is 1. The molecule has 0 unspecified atom stereocenters. The van der Waals surface area contributed by atoms with E-state index in [1.54, 1.807) is 30.3 Å². The second kappa shape index (κ2) is 8.70. The molecule has 5 nitrogen and oxygen atoms in total. The molecule has 0 spiro atoms. The molecule has 4 atom stereocenters. The molecule has 0 aromatic heterocycles. The Kier molecular flexibility index (Phi) is 6.01. The van der Waals surface area contributed by atoms with Crippen molar-refractivity contribution in [1.29, 1.82) is 0 Å². The van der Waals surface area contributed by atoms with Crippen molar-refractivity contribution >= 4 is 5.97 Å². The van der Waals surface area contributed by atoms with Gasteiger partial charge >= 0.3 is 5.97 Å². The number of hydrogen-bond acceptors (Lipinski definition) is 5. The summed E-state index contributed by atoms with van der Waals surface area (Å²) in [5.41, 5.74) is 1.14. The molecule has 160 valence electrons. The van der Waals surface area contributed by atoms with E-state index >= 15 is 0 Å². The summed E-state index contributed by atoms with van der Waals surface area (Å²) < 4.78 is 37.4. The third-order valence-electron chi connectivity index (χ3n) is 6.09. The van der Waals surface area contributed by atoms with E-state index in [1.165, 1.54) is 13.2 Å². The largest absolute Gasteiger partial charge is 0.488 e. The van der Waals surface area contributed by atoms with Gasteiger partial charge in [-0.2, -0.15) is 0 Å². The number of aliphatic hydroxyl groups is 1. The molecule has 1 heterocycles. The third-order valence-corrected chi connectivity index (χ3v) is 6.09. The highest BCUT2D eigenvalue weighted by atomic mass is 19.2. The van der Waals surface area contributed by atoms with E-state index in [0.29, 0.717) is 42.5 Å². The van der Waals surface area contributed by atoms with Crippen LogP contribution in [0.15, 0.2) is 42.5 Å². The van der Waals surface area contributed by atoms with E-state index < -0.39 is 23.7 Å². The Labute approximate surface area is 174 Å². The van der Waals surface area contributed by atoms with Crippen molar-refractivity contribution < 1.29 is 28.2 Å². The number of methoxy groups -OCH3 is 1. The number of ether oxygens (including phenoxy) is 2. The minimum absolute atomic E-state index is 0.339. The van der Waals surface area contributed by atoms with Crippen molar-refractivity contribution in [1.82, 2.24) is 4.90 Å². The molecule has 30 heavy (non-hydrogen) atoms. The van der Waals surface area contributed by atoms with Crippen LogP contribution in [-0.4, -0.2) is 48.4 Å². The topological polar surface area (TPSA) is 59.0 Å². The maximum Gasteiger partial charge on any atom is 0.337 e.